The largest absolute Gasteiger partial charge is 0.497 e. The first-order valence-electron chi connectivity index (χ1n) is 9.87. The van der Waals surface area contributed by atoms with Gasteiger partial charge in [-0.25, -0.2) is 4.79 Å². The molecular weight excluding hydrogens is 398 g/mol. The summed E-state index contributed by atoms with van der Waals surface area (Å²) in [4.78, 5) is 25.2. The monoisotopic (exact) mass is 421 g/mol. The topological polar surface area (TPSA) is 90.9 Å². The van der Waals surface area contributed by atoms with E-state index < -0.39 is 5.63 Å². The summed E-state index contributed by atoms with van der Waals surface area (Å²) in [5.74, 6) is 0.879. The van der Waals surface area contributed by atoms with E-state index in [-0.39, 0.29) is 18.7 Å². The summed E-state index contributed by atoms with van der Waals surface area (Å²) < 4.78 is 21.5. The first kappa shape index (κ1) is 20.5. The van der Waals surface area contributed by atoms with Crippen molar-refractivity contribution < 1.29 is 23.1 Å². The summed E-state index contributed by atoms with van der Waals surface area (Å²) in [6.45, 7) is 3.84. The van der Waals surface area contributed by atoms with Crippen molar-refractivity contribution in [2.24, 2.45) is 0 Å². The van der Waals surface area contributed by atoms with Crippen LogP contribution in [0.15, 0.2) is 50.2 Å². The maximum Gasteiger partial charge on any atom is 0.339 e. The Morgan fingerprint density at radius 3 is 2.58 bits per heavy atom. The number of furan rings is 1. The average molecular weight is 421 g/mol. The highest BCUT2D eigenvalue weighted by Gasteiger charge is 2.16. The molecule has 2 aromatic carbocycles. The molecule has 0 aliphatic carbocycles. The van der Waals surface area contributed by atoms with Gasteiger partial charge in [-0.15, -0.1) is 0 Å². The molecule has 160 valence electrons. The number of nitrogens with one attached hydrogen (secondary N) is 1. The van der Waals surface area contributed by atoms with Crippen molar-refractivity contribution in [3.05, 3.63) is 63.7 Å². The zero-order chi connectivity index (χ0) is 22.1. The Labute approximate surface area is 178 Å². The molecule has 0 saturated carbocycles. The summed E-state index contributed by atoms with van der Waals surface area (Å²) in [5, 5.41) is 4.63. The standard InChI is InChI=1S/C24H23NO6/c1-13-12-30-21-11-22-18(10-17(13)21)14(2)16(24(27)31-22)6-8-23(26)25-19-9-15(28-3)5-7-20(19)29-4/h5,7,9-12H,6,8H2,1-4H3,(H,25,26). The van der Waals surface area contributed by atoms with E-state index in [4.69, 9.17) is 18.3 Å². The molecule has 0 aliphatic rings. The van der Waals surface area contributed by atoms with Gasteiger partial charge >= 0.3 is 5.63 Å². The summed E-state index contributed by atoms with van der Waals surface area (Å²) in [6.07, 6.45) is 2.05. The number of carbonyl (C=O) groups excluding carboxylic acids is 1. The van der Waals surface area contributed by atoms with E-state index in [1.54, 1.807) is 37.6 Å². The summed E-state index contributed by atoms with van der Waals surface area (Å²) in [6, 6.07) is 8.85. The first-order valence-corrected chi connectivity index (χ1v) is 9.87. The number of anilines is 1. The summed E-state index contributed by atoms with van der Waals surface area (Å²) in [7, 11) is 3.08. The zero-order valence-electron chi connectivity index (χ0n) is 17.8. The number of rotatable bonds is 6. The SMILES string of the molecule is COc1ccc(OC)c(NC(=O)CCc2c(C)c3cc4c(C)coc4cc3oc2=O)c1. The Balaban J connectivity index is 1.59. The number of amides is 1. The molecule has 0 atom stereocenters. The minimum atomic E-state index is -0.445. The molecule has 0 radical (unpaired) electrons. The van der Waals surface area contributed by atoms with E-state index >= 15 is 0 Å². The number of fused-ring (bicyclic) bond motifs is 2. The van der Waals surface area contributed by atoms with Crippen LogP contribution in [-0.2, 0) is 11.2 Å². The molecule has 1 N–H and O–H groups in total. The molecule has 4 rings (SSSR count). The average Bonchev–Trinajstić information content (AvgIpc) is 3.12. The summed E-state index contributed by atoms with van der Waals surface area (Å²) in [5.41, 5.74) is 3.51. The second kappa shape index (κ2) is 8.18. The molecule has 0 saturated heterocycles. The molecule has 0 fully saturated rings. The molecule has 0 bridgehead atoms. The van der Waals surface area contributed by atoms with Crippen LogP contribution in [0.4, 0.5) is 5.69 Å². The number of hydrogen-bond acceptors (Lipinski definition) is 6. The molecule has 1 amide bonds. The molecule has 7 heteroatoms. The number of carbonyl (C=O) groups is 1. The number of hydrogen-bond donors (Lipinski definition) is 1. The number of methoxy groups -OCH3 is 2. The molecule has 0 aliphatic heterocycles. The lowest BCUT2D eigenvalue weighted by Gasteiger charge is -2.12. The molecule has 0 spiro atoms. The van der Waals surface area contributed by atoms with Crippen LogP contribution in [0.1, 0.15) is 23.1 Å². The van der Waals surface area contributed by atoms with Crippen LogP contribution in [0, 0.1) is 13.8 Å². The Bertz CT molecular complexity index is 1350. The van der Waals surface area contributed by atoms with E-state index in [2.05, 4.69) is 5.32 Å². The fraction of sp³-hybridized carbons (Fsp3) is 0.250. The lowest BCUT2D eigenvalue weighted by Crippen LogP contribution is -2.17. The van der Waals surface area contributed by atoms with E-state index in [0.717, 1.165) is 21.9 Å². The quantitative estimate of drug-likeness (QED) is 0.452. The van der Waals surface area contributed by atoms with Crippen LogP contribution in [0.2, 0.25) is 0 Å². The van der Waals surface area contributed by atoms with Gasteiger partial charge in [0, 0.05) is 34.9 Å². The van der Waals surface area contributed by atoms with E-state index in [1.165, 1.54) is 7.11 Å². The maximum absolute atomic E-state index is 12.6. The minimum Gasteiger partial charge on any atom is -0.497 e. The third kappa shape index (κ3) is 3.86. The van der Waals surface area contributed by atoms with Crippen LogP contribution in [0.3, 0.4) is 0 Å². The second-order valence-corrected chi connectivity index (χ2v) is 7.37. The van der Waals surface area contributed by atoms with Gasteiger partial charge in [0.2, 0.25) is 5.91 Å². The Morgan fingerprint density at radius 2 is 1.84 bits per heavy atom. The van der Waals surface area contributed by atoms with Crippen LogP contribution in [0.5, 0.6) is 11.5 Å². The molecular formula is C24H23NO6. The van der Waals surface area contributed by atoms with Crippen molar-refractivity contribution in [2.75, 3.05) is 19.5 Å². The van der Waals surface area contributed by atoms with Gasteiger partial charge in [0.1, 0.15) is 22.7 Å². The van der Waals surface area contributed by atoms with E-state index in [9.17, 15) is 9.59 Å². The van der Waals surface area contributed by atoms with Gasteiger partial charge in [-0.1, -0.05) is 0 Å². The van der Waals surface area contributed by atoms with Gasteiger partial charge in [0.05, 0.1) is 26.2 Å². The van der Waals surface area contributed by atoms with Crippen molar-refractivity contribution >= 4 is 33.5 Å². The number of ether oxygens (including phenoxy) is 2. The van der Waals surface area contributed by atoms with Crippen LogP contribution in [-0.4, -0.2) is 20.1 Å². The Hall–Kier alpha value is -3.74. The number of benzene rings is 2. The Morgan fingerprint density at radius 1 is 1.03 bits per heavy atom. The fourth-order valence-corrected chi connectivity index (χ4v) is 3.69. The zero-order valence-corrected chi connectivity index (χ0v) is 17.8. The van der Waals surface area contributed by atoms with Crippen molar-refractivity contribution in [1.82, 2.24) is 0 Å². The maximum atomic E-state index is 12.6. The Kier molecular flexibility index (Phi) is 5.42. The molecule has 7 nitrogen and oxygen atoms in total. The highest BCUT2D eigenvalue weighted by molar-refractivity contribution is 5.96. The number of aryl methyl sites for hydroxylation is 2. The third-order valence-electron chi connectivity index (χ3n) is 5.46. The predicted octanol–water partition coefficient (Wildman–Crippen LogP) is 4.74. The van der Waals surface area contributed by atoms with Crippen molar-refractivity contribution in [1.29, 1.82) is 0 Å². The molecule has 2 aromatic heterocycles. The summed E-state index contributed by atoms with van der Waals surface area (Å²) >= 11 is 0. The van der Waals surface area contributed by atoms with Gasteiger partial charge in [-0.2, -0.15) is 0 Å². The van der Waals surface area contributed by atoms with Gasteiger partial charge in [0.15, 0.2) is 0 Å². The normalized spacial score (nSPS) is 11.1. The van der Waals surface area contributed by atoms with Crippen molar-refractivity contribution in [3.8, 4) is 11.5 Å². The highest BCUT2D eigenvalue weighted by Crippen LogP contribution is 2.30. The van der Waals surface area contributed by atoms with Crippen molar-refractivity contribution in [3.63, 3.8) is 0 Å². The van der Waals surface area contributed by atoms with Gasteiger partial charge < -0.3 is 23.6 Å². The third-order valence-corrected chi connectivity index (χ3v) is 5.46. The molecule has 31 heavy (non-hydrogen) atoms. The van der Waals surface area contributed by atoms with Crippen LogP contribution < -0.4 is 20.4 Å². The smallest absolute Gasteiger partial charge is 0.339 e. The fourth-order valence-electron chi connectivity index (χ4n) is 3.69. The van der Waals surface area contributed by atoms with Crippen molar-refractivity contribution in [2.45, 2.75) is 26.7 Å². The predicted molar refractivity (Wildman–Crippen MR) is 118 cm³/mol. The molecule has 2 heterocycles. The molecule has 4 aromatic rings. The van der Waals surface area contributed by atoms with Crippen LogP contribution in [0.25, 0.3) is 21.9 Å². The van der Waals surface area contributed by atoms with E-state index in [1.807, 2.05) is 19.9 Å². The highest BCUT2D eigenvalue weighted by atomic mass is 16.5. The van der Waals surface area contributed by atoms with Gasteiger partial charge in [-0.3, -0.25) is 4.79 Å². The van der Waals surface area contributed by atoms with E-state index in [0.29, 0.717) is 33.9 Å². The van der Waals surface area contributed by atoms with Gasteiger partial charge in [-0.05, 0) is 49.6 Å². The lowest BCUT2D eigenvalue weighted by molar-refractivity contribution is -0.116. The first-order chi connectivity index (χ1) is 14.9. The van der Waals surface area contributed by atoms with Crippen LogP contribution >= 0.6 is 0 Å². The van der Waals surface area contributed by atoms with Gasteiger partial charge in [0.25, 0.3) is 0 Å². The minimum absolute atomic E-state index is 0.116. The lowest BCUT2D eigenvalue weighted by atomic mass is 10.0. The second-order valence-electron chi connectivity index (χ2n) is 7.37. The molecule has 0 unspecified atom stereocenters.